The first-order valence-electron chi connectivity index (χ1n) is 8.23. The molecule has 0 saturated carbocycles. The molecule has 1 N–H and O–H groups in total. The Morgan fingerprint density at radius 2 is 1.80 bits per heavy atom. The third-order valence-corrected chi connectivity index (χ3v) is 5.99. The van der Waals surface area contributed by atoms with E-state index in [9.17, 15) is 18.0 Å². The second-order valence-corrected chi connectivity index (χ2v) is 8.19. The standard InChI is InChI=1S/C17H12BrCl3F3N5O/c1-8-14(18)15(17(22,23)24)26-29(8)7-13(30)25-16-12(21)6-28(27-16)5-9-10(19)3-2-4-11(9)20/h2-4,6H,5,7H2,1H3,(H,25,27,30). The van der Waals surface area contributed by atoms with Crippen molar-refractivity contribution in [2.24, 2.45) is 0 Å². The maximum atomic E-state index is 13.0. The maximum absolute atomic E-state index is 13.0. The van der Waals surface area contributed by atoms with E-state index in [0.717, 1.165) is 4.68 Å². The second-order valence-electron chi connectivity index (χ2n) is 6.18. The molecule has 0 fully saturated rings. The lowest BCUT2D eigenvalue weighted by molar-refractivity contribution is -0.142. The Morgan fingerprint density at radius 3 is 2.37 bits per heavy atom. The van der Waals surface area contributed by atoms with Gasteiger partial charge in [0, 0.05) is 21.8 Å². The van der Waals surface area contributed by atoms with Crippen molar-refractivity contribution < 1.29 is 18.0 Å². The van der Waals surface area contributed by atoms with E-state index in [1.54, 1.807) is 18.2 Å². The summed E-state index contributed by atoms with van der Waals surface area (Å²) in [7, 11) is 0. The number of carbonyl (C=O) groups is 1. The number of hydrogen-bond acceptors (Lipinski definition) is 3. The van der Waals surface area contributed by atoms with Crippen LogP contribution in [0.4, 0.5) is 19.0 Å². The highest BCUT2D eigenvalue weighted by Gasteiger charge is 2.38. The average Bonchev–Trinajstić information content (AvgIpc) is 3.12. The van der Waals surface area contributed by atoms with Crippen LogP contribution < -0.4 is 5.32 Å². The quantitative estimate of drug-likeness (QED) is 0.440. The van der Waals surface area contributed by atoms with Crippen molar-refractivity contribution in [3.05, 3.63) is 60.9 Å². The van der Waals surface area contributed by atoms with Crippen LogP contribution in [-0.2, 0) is 24.1 Å². The molecule has 0 atom stereocenters. The highest BCUT2D eigenvalue weighted by molar-refractivity contribution is 9.10. The highest BCUT2D eigenvalue weighted by atomic mass is 79.9. The minimum atomic E-state index is -4.65. The van der Waals surface area contributed by atoms with Gasteiger partial charge in [0.15, 0.2) is 11.5 Å². The lowest BCUT2D eigenvalue weighted by atomic mass is 10.2. The summed E-state index contributed by atoms with van der Waals surface area (Å²) in [4.78, 5) is 12.3. The molecule has 0 spiro atoms. The molecule has 13 heteroatoms. The van der Waals surface area contributed by atoms with Crippen LogP contribution in [0.3, 0.4) is 0 Å². The third-order valence-electron chi connectivity index (χ3n) is 4.05. The van der Waals surface area contributed by atoms with Crippen LogP contribution in [-0.4, -0.2) is 25.5 Å². The van der Waals surface area contributed by atoms with Gasteiger partial charge in [0.25, 0.3) is 0 Å². The van der Waals surface area contributed by atoms with Gasteiger partial charge in [-0.3, -0.25) is 14.2 Å². The summed E-state index contributed by atoms with van der Waals surface area (Å²) >= 11 is 21.3. The molecule has 0 aliphatic rings. The first kappa shape index (κ1) is 22.9. The largest absolute Gasteiger partial charge is 0.436 e. The van der Waals surface area contributed by atoms with Crippen LogP contribution in [0.25, 0.3) is 0 Å². The maximum Gasteiger partial charge on any atom is 0.436 e. The first-order chi connectivity index (χ1) is 14.0. The van der Waals surface area contributed by atoms with Gasteiger partial charge >= 0.3 is 6.18 Å². The van der Waals surface area contributed by atoms with Crippen molar-refractivity contribution in [1.29, 1.82) is 0 Å². The fourth-order valence-electron chi connectivity index (χ4n) is 2.58. The molecule has 0 radical (unpaired) electrons. The van der Waals surface area contributed by atoms with Gasteiger partial charge in [-0.1, -0.05) is 40.9 Å². The van der Waals surface area contributed by atoms with Crippen molar-refractivity contribution in [3.63, 3.8) is 0 Å². The minimum absolute atomic E-state index is 0.0461. The number of rotatable bonds is 5. The summed E-state index contributed by atoms with van der Waals surface area (Å²) in [6, 6.07) is 5.06. The summed E-state index contributed by atoms with van der Waals surface area (Å²) in [6.45, 7) is 1.16. The van der Waals surface area contributed by atoms with Gasteiger partial charge in [0.05, 0.1) is 16.7 Å². The number of aromatic nitrogens is 4. The van der Waals surface area contributed by atoms with Crippen LogP contribution in [0.2, 0.25) is 15.1 Å². The number of halogens is 7. The smallest absolute Gasteiger partial charge is 0.306 e. The molecule has 0 unspecified atom stereocenters. The Bertz CT molecular complexity index is 1090. The number of benzene rings is 1. The van der Waals surface area contributed by atoms with E-state index in [2.05, 4.69) is 31.4 Å². The summed E-state index contributed by atoms with van der Waals surface area (Å²) in [5, 5.41) is 11.1. The number of nitrogens with one attached hydrogen (secondary N) is 1. The molecular weight excluding hydrogens is 533 g/mol. The molecule has 3 aromatic rings. The summed E-state index contributed by atoms with van der Waals surface area (Å²) in [5.74, 6) is -0.602. The SMILES string of the molecule is Cc1c(Br)c(C(F)(F)F)nn1CC(=O)Nc1nn(Cc2c(Cl)cccc2Cl)cc1Cl. The highest BCUT2D eigenvalue weighted by Crippen LogP contribution is 2.35. The van der Waals surface area contributed by atoms with Gasteiger partial charge in [0.2, 0.25) is 5.91 Å². The summed E-state index contributed by atoms with van der Waals surface area (Å²) in [6.07, 6.45) is -3.18. The number of alkyl halides is 3. The normalized spacial score (nSPS) is 11.7. The van der Waals surface area contributed by atoms with Crippen molar-refractivity contribution in [3.8, 4) is 0 Å². The molecule has 30 heavy (non-hydrogen) atoms. The van der Waals surface area contributed by atoms with E-state index in [0.29, 0.717) is 15.6 Å². The van der Waals surface area contributed by atoms with E-state index < -0.39 is 24.3 Å². The van der Waals surface area contributed by atoms with E-state index in [1.165, 1.54) is 17.8 Å². The van der Waals surface area contributed by atoms with Crippen molar-refractivity contribution in [2.75, 3.05) is 5.32 Å². The Balaban J connectivity index is 1.74. The number of carbonyl (C=O) groups excluding carboxylic acids is 1. The topological polar surface area (TPSA) is 64.7 Å². The van der Waals surface area contributed by atoms with Crippen LogP contribution in [0.15, 0.2) is 28.9 Å². The zero-order chi connectivity index (χ0) is 22.2. The van der Waals surface area contributed by atoms with Crippen LogP contribution in [0.5, 0.6) is 0 Å². The van der Waals surface area contributed by atoms with E-state index in [4.69, 9.17) is 34.8 Å². The van der Waals surface area contributed by atoms with Crippen LogP contribution in [0, 0.1) is 6.92 Å². The number of nitrogens with zero attached hydrogens (tertiary/aromatic N) is 4. The Hall–Kier alpha value is -1.75. The molecule has 1 aromatic carbocycles. The fourth-order valence-corrected chi connectivity index (χ4v) is 3.80. The van der Waals surface area contributed by atoms with Gasteiger partial charge in [-0.15, -0.1) is 0 Å². The van der Waals surface area contributed by atoms with E-state index in [1.807, 2.05) is 0 Å². The van der Waals surface area contributed by atoms with Gasteiger partial charge in [0.1, 0.15) is 11.6 Å². The van der Waals surface area contributed by atoms with Gasteiger partial charge in [-0.05, 0) is 35.0 Å². The lowest BCUT2D eigenvalue weighted by Crippen LogP contribution is -2.21. The molecule has 0 saturated heterocycles. The Kier molecular flexibility index (Phi) is 6.71. The molecule has 2 heterocycles. The van der Waals surface area contributed by atoms with Crippen molar-refractivity contribution in [1.82, 2.24) is 19.6 Å². The molecular formula is C17H12BrCl3F3N5O. The zero-order valence-corrected chi connectivity index (χ0v) is 18.9. The zero-order valence-electron chi connectivity index (χ0n) is 15.1. The minimum Gasteiger partial charge on any atom is -0.306 e. The summed E-state index contributed by atoms with van der Waals surface area (Å²) in [5.41, 5.74) is -0.330. The molecule has 1 amide bonds. The summed E-state index contributed by atoms with van der Waals surface area (Å²) < 4.78 is 41.0. The lowest BCUT2D eigenvalue weighted by Gasteiger charge is -2.07. The predicted octanol–water partition coefficient (Wildman–Crippen LogP) is 5.82. The fraction of sp³-hybridized carbons (Fsp3) is 0.235. The van der Waals surface area contributed by atoms with Gasteiger partial charge < -0.3 is 5.32 Å². The van der Waals surface area contributed by atoms with Gasteiger partial charge in [-0.25, -0.2) is 0 Å². The predicted molar refractivity (Wildman–Crippen MR) is 111 cm³/mol. The molecule has 3 rings (SSSR count). The Morgan fingerprint density at radius 1 is 1.17 bits per heavy atom. The first-order valence-corrected chi connectivity index (χ1v) is 10.2. The van der Waals surface area contributed by atoms with Crippen LogP contribution in [0.1, 0.15) is 17.0 Å². The number of anilines is 1. The molecule has 0 bridgehead atoms. The van der Waals surface area contributed by atoms with Crippen molar-refractivity contribution >= 4 is 62.5 Å². The molecule has 160 valence electrons. The molecule has 6 nitrogen and oxygen atoms in total. The van der Waals surface area contributed by atoms with Gasteiger partial charge in [-0.2, -0.15) is 23.4 Å². The molecule has 2 aromatic heterocycles. The third kappa shape index (κ3) is 4.93. The number of hydrogen-bond donors (Lipinski definition) is 1. The van der Waals surface area contributed by atoms with E-state index >= 15 is 0 Å². The molecule has 0 aliphatic carbocycles. The van der Waals surface area contributed by atoms with Crippen LogP contribution >= 0.6 is 50.7 Å². The molecule has 0 aliphatic heterocycles. The second kappa shape index (κ2) is 8.78. The van der Waals surface area contributed by atoms with Crippen molar-refractivity contribution in [2.45, 2.75) is 26.2 Å². The number of amides is 1. The monoisotopic (exact) mass is 543 g/mol. The van der Waals surface area contributed by atoms with E-state index in [-0.39, 0.29) is 27.6 Å². The Labute approximate surface area is 192 Å². The average molecular weight is 546 g/mol.